The largest absolute Gasteiger partial charge is 0.497 e. The van der Waals surface area contributed by atoms with E-state index < -0.39 is 37.0 Å². The van der Waals surface area contributed by atoms with Crippen LogP contribution >= 0.6 is 0 Å². The van der Waals surface area contributed by atoms with Crippen LogP contribution in [-0.2, 0) is 17.7 Å². The molecule has 3 aromatic rings. The van der Waals surface area contributed by atoms with Crippen molar-refractivity contribution < 1.29 is 39.7 Å². The van der Waals surface area contributed by atoms with Crippen LogP contribution in [0.4, 0.5) is 0 Å². The van der Waals surface area contributed by atoms with Crippen molar-refractivity contribution in [2.75, 3.05) is 13.7 Å². The van der Waals surface area contributed by atoms with Crippen molar-refractivity contribution in [1.82, 2.24) is 9.55 Å². The molecule has 1 saturated heterocycles. The van der Waals surface area contributed by atoms with Crippen LogP contribution in [0.15, 0.2) is 42.7 Å². The number of imidazole rings is 1. The number of aromatic nitrogens is 2. The summed E-state index contributed by atoms with van der Waals surface area (Å²) < 4.78 is 17.9. The first-order valence-corrected chi connectivity index (χ1v) is 10.6. The van der Waals surface area contributed by atoms with Crippen LogP contribution in [0.2, 0.25) is 0 Å². The Morgan fingerprint density at radius 1 is 1.12 bits per heavy atom. The van der Waals surface area contributed by atoms with E-state index in [4.69, 9.17) is 14.2 Å². The van der Waals surface area contributed by atoms with Crippen LogP contribution < -0.4 is 9.47 Å². The number of fused-ring (bicyclic) bond motifs is 1. The van der Waals surface area contributed by atoms with E-state index in [0.717, 1.165) is 12.0 Å². The summed E-state index contributed by atoms with van der Waals surface area (Å²) in [6, 6.07) is 11.3. The molecule has 1 aliphatic heterocycles. The summed E-state index contributed by atoms with van der Waals surface area (Å²) >= 11 is 0. The molecule has 0 aliphatic carbocycles. The van der Waals surface area contributed by atoms with Crippen molar-refractivity contribution in [2.45, 2.75) is 50.3 Å². The van der Waals surface area contributed by atoms with Gasteiger partial charge in [-0.05, 0) is 17.5 Å². The number of ether oxygens (including phenoxy) is 3. The molecule has 1 aromatic heterocycles. The van der Waals surface area contributed by atoms with Crippen molar-refractivity contribution in [3.63, 3.8) is 0 Å². The Labute approximate surface area is 190 Å². The maximum Gasteiger partial charge on any atom is 0.288 e. The zero-order valence-corrected chi connectivity index (χ0v) is 18.3. The highest BCUT2D eigenvalue weighted by atomic mass is 16.7. The lowest BCUT2D eigenvalue weighted by Gasteiger charge is -2.45. The van der Waals surface area contributed by atoms with Gasteiger partial charge in [-0.3, -0.25) is 0 Å². The van der Waals surface area contributed by atoms with Gasteiger partial charge in [0, 0.05) is 18.7 Å². The molecule has 0 saturated carbocycles. The van der Waals surface area contributed by atoms with E-state index in [1.807, 2.05) is 24.3 Å². The Balaban J connectivity index is 1.73. The van der Waals surface area contributed by atoms with Crippen molar-refractivity contribution in [3.05, 3.63) is 53.9 Å². The van der Waals surface area contributed by atoms with Gasteiger partial charge in [0.15, 0.2) is 11.9 Å². The predicted octanol–water partition coefficient (Wildman–Crippen LogP) is 0.154. The van der Waals surface area contributed by atoms with Gasteiger partial charge >= 0.3 is 0 Å². The van der Waals surface area contributed by atoms with Crippen molar-refractivity contribution in [1.29, 1.82) is 0 Å². The quantitative estimate of drug-likeness (QED) is 0.311. The van der Waals surface area contributed by atoms with Gasteiger partial charge in [-0.25, -0.2) is 4.98 Å². The Bertz CT molecular complexity index is 1100. The fraction of sp³-hybridized carbons (Fsp3) is 0.435. The molecule has 0 bridgehead atoms. The molecule has 0 spiro atoms. The Morgan fingerprint density at radius 2 is 1.82 bits per heavy atom. The fourth-order valence-corrected chi connectivity index (χ4v) is 3.91. The Hall–Kier alpha value is -2.73. The van der Waals surface area contributed by atoms with E-state index in [0.29, 0.717) is 23.3 Å². The first-order valence-electron chi connectivity index (χ1n) is 10.6. The van der Waals surface area contributed by atoms with Crippen LogP contribution in [0.1, 0.15) is 18.1 Å². The van der Waals surface area contributed by atoms with Gasteiger partial charge in [0.25, 0.3) is 5.79 Å². The standard InChI is InChI=1S/C23H28N2O8/c1-3-13-4-6-14(7-5-13)10-25-12-24-16-8-15(31-2)9-17(19(16)25)33-23(30)21(28)20(27)18(11-26)32-22(23)29/h4-9,12,18,20-22,26-30H,3,10-11H2,1-2H3/t18-,20-,21+,22+,23+/m1/s1. The van der Waals surface area contributed by atoms with Gasteiger partial charge in [-0.15, -0.1) is 0 Å². The summed E-state index contributed by atoms with van der Waals surface area (Å²) in [7, 11) is 1.45. The Kier molecular flexibility index (Phi) is 6.57. The highest BCUT2D eigenvalue weighted by Gasteiger charge is 2.57. The minimum absolute atomic E-state index is 0.0471. The van der Waals surface area contributed by atoms with Crippen LogP contribution in [0.5, 0.6) is 11.5 Å². The first-order chi connectivity index (χ1) is 15.8. The van der Waals surface area contributed by atoms with Gasteiger partial charge in [0.2, 0.25) is 6.29 Å². The number of hydrogen-bond acceptors (Lipinski definition) is 9. The molecule has 0 radical (unpaired) electrons. The summed E-state index contributed by atoms with van der Waals surface area (Å²) in [5, 5.41) is 51.3. The second-order valence-corrected chi connectivity index (χ2v) is 8.03. The van der Waals surface area contributed by atoms with Crippen molar-refractivity contribution >= 4 is 11.0 Å². The van der Waals surface area contributed by atoms with Gasteiger partial charge in [-0.2, -0.15) is 0 Å². The zero-order chi connectivity index (χ0) is 23.8. The summed E-state index contributed by atoms with van der Waals surface area (Å²) in [5.74, 6) is -2.30. The van der Waals surface area contributed by atoms with Crippen molar-refractivity contribution in [3.8, 4) is 11.5 Å². The maximum atomic E-state index is 11.0. The minimum atomic E-state index is -2.72. The highest BCUT2D eigenvalue weighted by Crippen LogP contribution is 2.37. The molecule has 10 heteroatoms. The first kappa shape index (κ1) is 23.4. The van der Waals surface area contributed by atoms with Gasteiger partial charge in [0.05, 0.1) is 25.6 Å². The monoisotopic (exact) mass is 460 g/mol. The second kappa shape index (κ2) is 9.26. The molecule has 1 fully saturated rings. The second-order valence-electron chi connectivity index (χ2n) is 8.03. The van der Waals surface area contributed by atoms with E-state index in [9.17, 15) is 25.5 Å². The van der Waals surface area contributed by atoms with E-state index in [1.54, 1.807) is 17.0 Å². The van der Waals surface area contributed by atoms with Gasteiger partial charge in [-0.1, -0.05) is 31.2 Å². The third-order valence-corrected chi connectivity index (χ3v) is 5.91. The van der Waals surface area contributed by atoms with Crippen LogP contribution in [-0.4, -0.2) is 79.2 Å². The normalized spacial score (nSPS) is 27.6. The lowest BCUT2D eigenvalue weighted by Crippen LogP contribution is -2.69. The summed E-state index contributed by atoms with van der Waals surface area (Å²) in [6.45, 7) is 1.86. The number of aryl methyl sites for hydroxylation is 1. The molecule has 0 amide bonds. The molecule has 10 nitrogen and oxygen atoms in total. The summed E-state index contributed by atoms with van der Waals surface area (Å²) in [4.78, 5) is 4.39. The van der Waals surface area contributed by atoms with Crippen molar-refractivity contribution in [2.24, 2.45) is 0 Å². The average Bonchev–Trinajstić information content (AvgIpc) is 3.23. The van der Waals surface area contributed by atoms with Crippen LogP contribution in [0.25, 0.3) is 11.0 Å². The molecule has 178 valence electrons. The number of nitrogens with zero attached hydrogens (tertiary/aromatic N) is 2. The molecule has 5 N–H and O–H groups in total. The van der Waals surface area contributed by atoms with E-state index in [1.165, 1.54) is 18.7 Å². The van der Waals surface area contributed by atoms with E-state index in [2.05, 4.69) is 11.9 Å². The van der Waals surface area contributed by atoms with Crippen LogP contribution in [0, 0.1) is 0 Å². The number of methoxy groups -OCH3 is 1. The van der Waals surface area contributed by atoms with E-state index in [-0.39, 0.29) is 5.75 Å². The average molecular weight is 460 g/mol. The minimum Gasteiger partial charge on any atom is -0.497 e. The van der Waals surface area contributed by atoms with E-state index >= 15 is 0 Å². The molecule has 2 heterocycles. The molecule has 2 aromatic carbocycles. The molecular weight excluding hydrogens is 432 g/mol. The highest BCUT2D eigenvalue weighted by molar-refractivity contribution is 5.84. The molecule has 4 rings (SSSR count). The SMILES string of the molecule is CCc1ccc(Cn2cnc3cc(OC)cc(O[C@]4(O)[C@@H](O)O[C@H](CO)[C@@H](O)[C@@H]4O)c32)cc1. The van der Waals surface area contributed by atoms with Gasteiger partial charge < -0.3 is 44.3 Å². The number of rotatable bonds is 7. The Morgan fingerprint density at radius 3 is 2.45 bits per heavy atom. The zero-order valence-electron chi connectivity index (χ0n) is 18.3. The fourth-order valence-electron chi connectivity index (χ4n) is 3.91. The number of benzene rings is 2. The van der Waals surface area contributed by atoms with Gasteiger partial charge in [0.1, 0.15) is 23.5 Å². The lowest BCUT2D eigenvalue weighted by atomic mass is 9.96. The molecular formula is C23H28N2O8. The molecule has 1 aliphatic rings. The molecule has 5 atom stereocenters. The predicted molar refractivity (Wildman–Crippen MR) is 117 cm³/mol. The van der Waals surface area contributed by atoms with Crippen LogP contribution in [0.3, 0.4) is 0 Å². The topological polar surface area (TPSA) is 147 Å². The summed E-state index contributed by atoms with van der Waals surface area (Å²) in [5.41, 5.74) is 3.19. The number of aliphatic hydroxyl groups is 5. The lowest BCUT2D eigenvalue weighted by molar-refractivity contribution is -0.385. The molecule has 0 unspecified atom stereocenters. The molecule has 33 heavy (non-hydrogen) atoms. The smallest absolute Gasteiger partial charge is 0.288 e. The number of hydrogen-bond donors (Lipinski definition) is 5. The number of aliphatic hydroxyl groups excluding tert-OH is 4. The maximum absolute atomic E-state index is 11.0. The third kappa shape index (κ3) is 4.29. The summed E-state index contributed by atoms with van der Waals surface area (Å²) in [6.07, 6.45) is -4.48. The third-order valence-electron chi connectivity index (χ3n) is 5.91.